The molecule has 0 N–H and O–H groups in total. The fourth-order valence-corrected chi connectivity index (χ4v) is 3.50. The van der Waals surface area contributed by atoms with E-state index in [0.717, 1.165) is 33.5 Å². The van der Waals surface area contributed by atoms with Crippen molar-refractivity contribution in [2.75, 3.05) is 0 Å². The normalized spacial score (nSPS) is 10.5. The molecule has 0 aromatic heterocycles. The van der Waals surface area contributed by atoms with Crippen LogP contribution in [0, 0.1) is 0 Å². The van der Waals surface area contributed by atoms with Crippen LogP contribution >= 0.6 is 0 Å². The second kappa shape index (κ2) is 8.60. The van der Waals surface area contributed by atoms with Crippen molar-refractivity contribution in [1.82, 2.24) is 0 Å². The predicted octanol–water partition coefficient (Wildman–Crippen LogP) is 6.38. The number of carbonyl (C=O) groups excluding carboxylic acids is 1. The molecule has 0 fully saturated rings. The minimum absolute atomic E-state index is 0.235. The Hall–Kier alpha value is -3.61. The SMILES string of the molecule is CC(=C=CCc1ccccc1)C(=O)OCc1c2ccccc2cc2ccccc12. The van der Waals surface area contributed by atoms with Gasteiger partial charge in [0, 0.05) is 5.56 Å². The molecule has 2 heteroatoms. The van der Waals surface area contributed by atoms with Gasteiger partial charge in [-0.1, -0.05) is 78.9 Å². The Labute approximate surface area is 170 Å². The highest BCUT2D eigenvalue weighted by Crippen LogP contribution is 2.29. The topological polar surface area (TPSA) is 26.3 Å². The molecule has 0 atom stereocenters. The molecule has 0 aliphatic heterocycles. The number of benzene rings is 4. The lowest BCUT2D eigenvalue weighted by Crippen LogP contribution is -2.06. The number of carbonyl (C=O) groups is 1. The summed E-state index contributed by atoms with van der Waals surface area (Å²) < 4.78 is 5.65. The third-order valence-corrected chi connectivity index (χ3v) is 5.04. The summed E-state index contributed by atoms with van der Waals surface area (Å²) >= 11 is 0. The van der Waals surface area contributed by atoms with Crippen LogP contribution in [0.4, 0.5) is 0 Å². The summed E-state index contributed by atoms with van der Waals surface area (Å²) in [7, 11) is 0. The Kier molecular flexibility index (Phi) is 5.56. The molecule has 4 aromatic rings. The maximum absolute atomic E-state index is 12.5. The van der Waals surface area contributed by atoms with E-state index in [1.54, 1.807) is 6.92 Å². The number of rotatable bonds is 5. The maximum atomic E-state index is 12.5. The lowest BCUT2D eigenvalue weighted by molar-refractivity contribution is -0.140. The molecule has 29 heavy (non-hydrogen) atoms. The number of hydrogen-bond donors (Lipinski definition) is 0. The van der Waals surface area contributed by atoms with Crippen LogP contribution in [0.15, 0.2) is 102 Å². The fourth-order valence-electron chi connectivity index (χ4n) is 3.50. The summed E-state index contributed by atoms with van der Waals surface area (Å²) in [5, 5.41) is 4.51. The number of fused-ring (bicyclic) bond motifs is 2. The molecule has 0 bridgehead atoms. The van der Waals surface area contributed by atoms with Crippen LogP contribution in [-0.2, 0) is 22.6 Å². The van der Waals surface area contributed by atoms with Crippen LogP contribution in [0.2, 0.25) is 0 Å². The molecule has 142 valence electrons. The second-order valence-corrected chi connectivity index (χ2v) is 7.04. The van der Waals surface area contributed by atoms with Crippen LogP contribution in [-0.4, -0.2) is 5.97 Å². The van der Waals surface area contributed by atoms with Gasteiger partial charge in [0.05, 0.1) is 5.57 Å². The third kappa shape index (κ3) is 4.29. The molecule has 0 aliphatic carbocycles. The van der Waals surface area contributed by atoms with Crippen molar-refractivity contribution in [3.05, 3.63) is 113 Å². The Morgan fingerprint density at radius 2 is 1.45 bits per heavy atom. The summed E-state index contributed by atoms with van der Waals surface area (Å²) in [5.41, 5.74) is 5.75. The first-order chi connectivity index (χ1) is 14.2. The maximum Gasteiger partial charge on any atom is 0.341 e. The van der Waals surface area contributed by atoms with E-state index in [2.05, 4.69) is 48.2 Å². The van der Waals surface area contributed by atoms with Crippen LogP contribution in [0.5, 0.6) is 0 Å². The van der Waals surface area contributed by atoms with Gasteiger partial charge in [0.2, 0.25) is 0 Å². The van der Waals surface area contributed by atoms with E-state index in [4.69, 9.17) is 4.74 Å². The molecule has 0 spiro atoms. The Morgan fingerprint density at radius 1 is 0.862 bits per heavy atom. The van der Waals surface area contributed by atoms with Gasteiger partial charge in [-0.3, -0.25) is 0 Å². The van der Waals surface area contributed by atoms with E-state index in [1.165, 1.54) is 5.56 Å². The minimum atomic E-state index is -0.341. The summed E-state index contributed by atoms with van der Waals surface area (Å²) in [4.78, 5) is 12.5. The van der Waals surface area contributed by atoms with Crippen molar-refractivity contribution in [2.24, 2.45) is 0 Å². The molecule has 0 heterocycles. The minimum Gasteiger partial charge on any atom is -0.457 e. The Balaban J connectivity index is 1.55. The standard InChI is InChI=1S/C27H22O2/c1-20(10-9-13-21-11-3-2-4-12-21)27(28)29-19-26-24-16-7-5-14-22(24)18-23-15-6-8-17-25(23)26/h2-9,11-12,14-18H,13,19H2,1H3. The first kappa shape index (κ1) is 18.7. The van der Waals surface area contributed by atoms with Gasteiger partial charge in [0.1, 0.15) is 6.61 Å². The Bertz CT molecular complexity index is 1180. The molecule has 4 aromatic carbocycles. The number of hydrogen-bond acceptors (Lipinski definition) is 2. The Morgan fingerprint density at radius 3 is 2.10 bits per heavy atom. The van der Waals surface area contributed by atoms with Gasteiger partial charge in [0.25, 0.3) is 0 Å². The highest BCUT2D eigenvalue weighted by Gasteiger charge is 2.11. The second-order valence-electron chi connectivity index (χ2n) is 7.04. The van der Waals surface area contributed by atoms with Crippen LogP contribution in [0.25, 0.3) is 21.5 Å². The monoisotopic (exact) mass is 378 g/mol. The van der Waals surface area contributed by atoms with E-state index in [0.29, 0.717) is 5.57 Å². The van der Waals surface area contributed by atoms with Crippen molar-refractivity contribution in [3.8, 4) is 0 Å². The van der Waals surface area contributed by atoms with Crippen LogP contribution in [0.3, 0.4) is 0 Å². The molecular weight excluding hydrogens is 356 g/mol. The zero-order chi connectivity index (χ0) is 20.1. The van der Waals surface area contributed by atoms with Gasteiger partial charge in [-0.2, -0.15) is 0 Å². The summed E-state index contributed by atoms with van der Waals surface area (Å²) in [6, 6.07) is 28.7. The molecule has 4 rings (SSSR count). The number of ether oxygens (including phenoxy) is 1. The first-order valence-electron chi connectivity index (χ1n) is 9.74. The van der Waals surface area contributed by atoms with E-state index < -0.39 is 0 Å². The van der Waals surface area contributed by atoms with Gasteiger partial charge < -0.3 is 4.74 Å². The van der Waals surface area contributed by atoms with Gasteiger partial charge >= 0.3 is 5.97 Å². The summed E-state index contributed by atoms with van der Waals surface area (Å²) in [6.07, 6.45) is 2.61. The van der Waals surface area contributed by atoms with Crippen molar-refractivity contribution < 1.29 is 9.53 Å². The lowest BCUT2D eigenvalue weighted by atomic mass is 9.97. The smallest absolute Gasteiger partial charge is 0.341 e. The molecule has 0 radical (unpaired) electrons. The van der Waals surface area contributed by atoms with E-state index in [1.807, 2.05) is 48.5 Å². The fraction of sp³-hybridized carbons (Fsp3) is 0.111. The van der Waals surface area contributed by atoms with Crippen LogP contribution in [0.1, 0.15) is 18.1 Å². The molecule has 0 amide bonds. The van der Waals surface area contributed by atoms with Gasteiger partial charge in [-0.15, -0.1) is 5.73 Å². The predicted molar refractivity (Wildman–Crippen MR) is 119 cm³/mol. The van der Waals surface area contributed by atoms with E-state index in [-0.39, 0.29) is 12.6 Å². The first-order valence-corrected chi connectivity index (χ1v) is 9.74. The summed E-state index contributed by atoms with van der Waals surface area (Å²) in [5.74, 6) is -0.341. The quantitative estimate of drug-likeness (QED) is 0.174. The molecule has 0 saturated heterocycles. The molecular formula is C27H22O2. The third-order valence-electron chi connectivity index (χ3n) is 5.04. The molecule has 0 saturated carbocycles. The van der Waals surface area contributed by atoms with Crippen molar-refractivity contribution >= 4 is 27.5 Å². The highest BCUT2D eigenvalue weighted by molar-refractivity contribution is 6.02. The van der Waals surface area contributed by atoms with Crippen molar-refractivity contribution in [1.29, 1.82) is 0 Å². The van der Waals surface area contributed by atoms with Gasteiger partial charge in [-0.25, -0.2) is 4.79 Å². The largest absolute Gasteiger partial charge is 0.457 e. The highest BCUT2D eigenvalue weighted by atomic mass is 16.5. The van der Waals surface area contributed by atoms with Crippen LogP contribution < -0.4 is 0 Å². The zero-order valence-corrected chi connectivity index (χ0v) is 16.4. The molecule has 0 unspecified atom stereocenters. The van der Waals surface area contributed by atoms with E-state index in [9.17, 15) is 4.79 Å². The number of esters is 1. The average molecular weight is 378 g/mol. The lowest BCUT2D eigenvalue weighted by Gasteiger charge is -2.12. The zero-order valence-electron chi connectivity index (χ0n) is 16.4. The summed E-state index contributed by atoms with van der Waals surface area (Å²) in [6.45, 7) is 1.98. The molecule has 0 aliphatic rings. The average Bonchev–Trinajstić information content (AvgIpc) is 2.77. The molecule has 2 nitrogen and oxygen atoms in total. The van der Waals surface area contributed by atoms with E-state index >= 15 is 0 Å². The van der Waals surface area contributed by atoms with Gasteiger partial charge in [0.15, 0.2) is 0 Å². The van der Waals surface area contributed by atoms with Crippen molar-refractivity contribution in [2.45, 2.75) is 20.0 Å². The van der Waals surface area contributed by atoms with Gasteiger partial charge in [-0.05, 0) is 52.6 Å². The van der Waals surface area contributed by atoms with Crippen molar-refractivity contribution in [3.63, 3.8) is 0 Å².